The quantitative estimate of drug-likeness (QED) is 0.922. The van der Waals surface area contributed by atoms with Crippen molar-refractivity contribution < 1.29 is 4.74 Å². The molecule has 2 aliphatic heterocycles. The first-order chi connectivity index (χ1) is 9.90. The molecule has 20 heavy (non-hydrogen) atoms. The Kier molecular flexibility index (Phi) is 3.09. The smallest absolute Gasteiger partial charge is 0.138 e. The molecule has 0 spiro atoms. The first-order valence-corrected chi connectivity index (χ1v) is 7.42. The fourth-order valence-electron chi connectivity index (χ4n) is 3.32. The predicted molar refractivity (Wildman–Crippen MR) is 78.0 cm³/mol. The Hall–Kier alpha value is -1.59. The molecule has 2 aliphatic rings. The molecule has 2 fully saturated rings. The van der Waals surface area contributed by atoms with Crippen molar-refractivity contribution in [3.05, 3.63) is 30.6 Å². The monoisotopic (exact) mass is 272 g/mol. The molecule has 0 aliphatic carbocycles. The van der Waals surface area contributed by atoms with E-state index in [1.54, 1.807) is 0 Å². The van der Waals surface area contributed by atoms with Crippen LogP contribution in [0.2, 0.25) is 0 Å². The highest BCUT2D eigenvalue weighted by atomic mass is 16.5. The summed E-state index contributed by atoms with van der Waals surface area (Å²) < 4.78 is 8.05. The Morgan fingerprint density at radius 1 is 1.40 bits per heavy atom. The Labute approximate surface area is 118 Å². The topological polar surface area (TPSA) is 41.8 Å². The van der Waals surface area contributed by atoms with Gasteiger partial charge in [-0.05, 0) is 31.5 Å². The van der Waals surface area contributed by atoms with Crippen LogP contribution in [0, 0.1) is 0 Å². The number of pyridine rings is 1. The summed E-state index contributed by atoms with van der Waals surface area (Å²) in [6, 6.07) is 6.79. The summed E-state index contributed by atoms with van der Waals surface area (Å²) in [5.41, 5.74) is 0.971. The average molecular weight is 272 g/mol. The van der Waals surface area contributed by atoms with Gasteiger partial charge in [0.25, 0.3) is 0 Å². The van der Waals surface area contributed by atoms with Gasteiger partial charge in [-0.3, -0.25) is 9.30 Å². The van der Waals surface area contributed by atoms with E-state index in [2.05, 4.69) is 25.7 Å². The second kappa shape index (κ2) is 5.07. The highest BCUT2D eigenvalue weighted by Gasteiger charge is 2.31. The van der Waals surface area contributed by atoms with Gasteiger partial charge in [0.1, 0.15) is 11.5 Å². The minimum Gasteiger partial charge on any atom is -0.373 e. The number of hydrogen-bond acceptors (Lipinski definition) is 4. The zero-order chi connectivity index (χ0) is 13.4. The maximum Gasteiger partial charge on any atom is 0.138 e. The number of nitrogens with zero attached hydrogens (tertiary/aromatic N) is 3. The third kappa shape index (κ3) is 2.17. The molecule has 0 bridgehead atoms. The highest BCUT2D eigenvalue weighted by molar-refractivity contribution is 5.49. The normalized spacial score (nSPS) is 26.8. The van der Waals surface area contributed by atoms with Gasteiger partial charge in [-0.2, -0.15) is 0 Å². The summed E-state index contributed by atoms with van der Waals surface area (Å²) in [5.74, 6) is 1.08. The molecule has 0 radical (unpaired) electrons. The van der Waals surface area contributed by atoms with Crippen LogP contribution in [0.15, 0.2) is 30.6 Å². The van der Waals surface area contributed by atoms with Gasteiger partial charge in [-0.25, -0.2) is 4.98 Å². The molecule has 0 saturated carbocycles. The molecule has 2 aromatic rings. The van der Waals surface area contributed by atoms with Crippen LogP contribution in [0.25, 0.3) is 5.65 Å². The van der Waals surface area contributed by atoms with Crippen LogP contribution in [0.5, 0.6) is 0 Å². The number of anilines is 1. The van der Waals surface area contributed by atoms with Crippen molar-refractivity contribution in [2.45, 2.75) is 25.0 Å². The van der Waals surface area contributed by atoms with Gasteiger partial charge < -0.3 is 10.1 Å². The average Bonchev–Trinajstić information content (AvgIpc) is 3.13. The van der Waals surface area contributed by atoms with Crippen molar-refractivity contribution >= 4 is 11.5 Å². The third-order valence-corrected chi connectivity index (χ3v) is 4.40. The van der Waals surface area contributed by atoms with Crippen LogP contribution in [-0.4, -0.2) is 52.7 Å². The molecule has 0 amide bonds. The number of nitrogens with one attached hydrogen (secondary N) is 1. The van der Waals surface area contributed by atoms with Crippen molar-refractivity contribution in [3.8, 4) is 0 Å². The first-order valence-electron chi connectivity index (χ1n) is 7.42. The minimum absolute atomic E-state index is 0.281. The molecule has 2 aromatic heterocycles. The van der Waals surface area contributed by atoms with E-state index in [1.807, 2.05) is 24.5 Å². The lowest BCUT2D eigenvalue weighted by Gasteiger charge is -2.35. The molecule has 4 heterocycles. The van der Waals surface area contributed by atoms with E-state index < -0.39 is 0 Å². The number of rotatable bonds is 3. The number of imidazole rings is 1. The zero-order valence-electron chi connectivity index (χ0n) is 11.5. The van der Waals surface area contributed by atoms with Crippen LogP contribution < -0.4 is 5.32 Å². The Bertz CT molecular complexity index is 596. The van der Waals surface area contributed by atoms with Gasteiger partial charge in [0, 0.05) is 31.5 Å². The lowest BCUT2D eigenvalue weighted by molar-refractivity contribution is -0.0416. The third-order valence-electron chi connectivity index (χ3n) is 4.40. The summed E-state index contributed by atoms with van der Waals surface area (Å²) in [6.07, 6.45) is 6.71. The van der Waals surface area contributed by atoms with Crippen molar-refractivity contribution in [2.24, 2.45) is 0 Å². The zero-order valence-corrected chi connectivity index (χ0v) is 11.5. The number of hydrogen-bond donors (Lipinski definition) is 1. The Morgan fingerprint density at radius 3 is 3.40 bits per heavy atom. The predicted octanol–water partition coefficient (Wildman–Crippen LogP) is 1.61. The van der Waals surface area contributed by atoms with E-state index in [0.717, 1.165) is 31.2 Å². The summed E-state index contributed by atoms with van der Waals surface area (Å²) in [6.45, 7) is 4.03. The summed E-state index contributed by atoms with van der Waals surface area (Å²) >= 11 is 0. The maximum absolute atomic E-state index is 5.98. The number of ether oxygens (including phenoxy) is 1. The molecule has 0 aromatic carbocycles. The second-order valence-corrected chi connectivity index (χ2v) is 5.69. The lowest BCUT2D eigenvalue weighted by atomic mass is 10.2. The fourth-order valence-corrected chi connectivity index (χ4v) is 3.32. The molecular weight excluding hydrogens is 252 g/mol. The number of aromatic nitrogens is 2. The molecule has 1 N–H and O–H groups in total. The van der Waals surface area contributed by atoms with E-state index in [1.165, 1.54) is 19.4 Å². The van der Waals surface area contributed by atoms with E-state index in [0.29, 0.717) is 6.04 Å². The molecule has 4 rings (SSSR count). The second-order valence-electron chi connectivity index (χ2n) is 5.69. The molecular formula is C15H20N4O. The van der Waals surface area contributed by atoms with Gasteiger partial charge in [0.15, 0.2) is 0 Å². The Balaban J connectivity index is 1.42. The van der Waals surface area contributed by atoms with E-state index in [4.69, 9.17) is 4.74 Å². The highest BCUT2D eigenvalue weighted by Crippen LogP contribution is 2.22. The number of morpholine rings is 1. The van der Waals surface area contributed by atoms with Crippen LogP contribution in [0.4, 0.5) is 5.82 Å². The summed E-state index contributed by atoms with van der Waals surface area (Å²) in [5, 5.41) is 3.49. The van der Waals surface area contributed by atoms with Gasteiger partial charge in [0.2, 0.25) is 0 Å². The standard InChI is InChI=1S/C15H20N4O/c1-4-14-16-6-8-19(14)15(5-1)17-9-13-10-18-7-2-3-12(18)11-20-13/h1,4-6,8,12-13,17H,2-3,7,9-11H2. The summed E-state index contributed by atoms with van der Waals surface area (Å²) in [4.78, 5) is 6.88. The molecule has 5 nitrogen and oxygen atoms in total. The largest absolute Gasteiger partial charge is 0.373 e. The van der Waals surface area contributed by atoms with Crippen molar-refractivity contribution in [3.63, 3.8) is 0 Å². The molecule has 5 heteroatoms. The van der Waals surface area contributed by atoms with E-state index >= 15 is 0 Å². The van der Waals surface area contributed by atoms with Crippen molar-refractivity contribution in [1.29, 1.82) is 0 Å². The lowest BCUT2D eigenvalue weighted by Crippen LogP contribution is -2.48. The summed E-state index contributed by atoms with van der Waals surface area (Å²) in [7, 11) is 0. The van der Waals surface area contributed by atoms with Crippen LogP contribution in [0.3, 0.4) is 0 Å². The van der Waals surface area contributed by atoms with Crippen LogP contribution >= 0.6 is 0 Å². The SMILES string of the molecule is c1cc(NCC2CN3CCCC3CO2)n2ccnc2c1. The van der Waals surface area contributed by atoms with Gasteiger partial charge in [0.05, 0.1) is 12.7 Å². The first kappa shape index (κ1) is 12.2. The van der Waals surface area contributed by atoms with Crippen molar-refractivity contribution in [2.75, 3.05) is 31.6 Å². The Morgan fingerprint density at radius 2 is 2.40 bits per heavy atom. The number of fused-ring (bicyclic) bond motifs is 2. The molecule has 106 valence electrons. The van der Waals surface area contributed by atoms with Crippen molar-refractivity contribution in [1.82, 2.24) is 14.3 Å². The fraction of sp³-hybridized carbons (Fsp3) is 0.533. The maximum atomic E-state index is 5.98. The molecule has 2 unspecified atom stereocenters. The van der Waals surface area contributed by atoms with Crippen LogP contribution in [-0.2, 0) is 4.74 Å². The minimum atomic E-state index is 0.281. The van der Waals surface area contributed by atoms with Gasteiger partial charge >= 0.3 is 0 Å². The van der Waals surface area contributed by atoms with Gasteiger partial charge in [-0.15, -0.1) is 0 Å². The molecule has 2 saturated heterocycles. The van der Waals surface area contributed by atoms with Gasteiger partial charge in [-0.1, -0.05) is 6.07 Å². The van der Waals surface area contributed by atoms with E-state index in [9.17, 15) is 0 Å². The molecule has 2 atom stereocenters. The van der Waals surface area contributed by atoms with E-state index in [-0.39, 0.29) is 6.10 Å². The van der Waals surface area contributed by atoms with Crippen LogP contribution in [0.1, 0.15) is 12.8 Å².